The van der Waals surface area contributed by atoms with Crippen LogP contribution in [0, 0.1) is 11.3 Å². The van der Waals surface area contributed by atoms with Crippen molar-refractivity contribution in [2.75, 3.05) is 26.7 Å². The number of ether oxygens (including phenoxy) is 1. The maximum Gasteiger partial charge on any atom is 0.333 e. The van der Waals surface area contributed by atoms with Crippen molar-refractivity contribution in [3.05, 3.63) is 12.2 Å². The summed E-state index contributed by atoms with van der Waals surface area (Å²) in [7, 11) is 2.59. The second kappa shape index (κ2) is 27.0. The maximum absolute atomic E-state index is 11.5. The van der Waals surface area contributed by atoms with Gasteiger partial charge in [0.05, 0.1) is 32.3 Å². The van der Waals surface area contributed by atoms with Gasteiger partial charge in [0.1, 0.15) is 0 Å². The molecule has 0 spiro atoms. The van der Waals surface area contributed by atoms with E-state index in [1.807, 2.05) is 0 Å². The number of unbranched alkanes of at least 4 members (excludes halogenated alkanes) is 22. The topological polar surface area (TPSA) is 26.3 Å². The quantitative estimate of drug-likeness (QED) is 0.0306. The normalized spacial score (nSPS) is 13.7. The van der Waals surface area contributed by atoms with Crippen LogP contribution < -0.4 is 0 Å². The number of nitrogens with zero attached hydrogens (tertiary/aromatic N) is 1. The number of hydrogen-bond donors (Lipinski definition) is 0. The lowest BCUT2D eigenvalue weighted by Gasteiger charge is -2.51. The lowest BCUT2D eigenvalue weighted by molar-refractivity contribution is -0.957. The molecule has 1 atom stereocenters. The molecule has 0 aliphatic rings. The molecular formula is C43H86NO2+. The van der Waals surface area contributed by atoms with Crippen molar-refractivity contribution in [2.24, 2.45) is 11.3 Å². The fraction of sp³-hybridized carbons (Fsp3) is 0.930. The van der Waals surface area contributed by atoms with Gasteiger partial charge in [-0.3, -0.25) is 0 Å². The minimum atomic E-state index is -0.254. The molecule has 0 saturated carbocycles. The third-order valence-corrected chi connectivity index (χ3v) is 11.5. The Morgan fingerprint density at radius 2 is 0.935 bits per heavy atom. The van der Waals surface area contributed by atoms with E-state index in [1.165, 1.54) is 165 Å². The largest absolute Gasteiger partial charge is 0.462 e. The zero-order valence-corrected chi connectivity index (χ0v) is 33.3. The van der Waals surface area contributed by atoms with Crippen molar-refractivity contribution in [1.29, 1.82) is 0 Å². The molecule has 0 aliphatic heterocycles. The van der Waals surface area contributed by atoms with Gasteiger partial charge in [-0.15, -0.1) is 0 Å². The van der Waals surface area contributed by atoms with E-state index in [0.717, 1.165) is 12.8 Å². The molecule has 274 valence electrons. The fourth-order valence-corrected chi connectivity index (χ4v) is 7.15. The molecule has 0 rings (SSSR count). The van der Waals surface area contributed by atoms with Crippen LogP contribution in [-0.4, -0.2) is 42.7 Å². The van der Waals surface area contributed by atoms with Crippen LogP contribution in [0.4, 0.5) is 0 Å². The Bertz CT molecular complexity index is 739. The Morgan fingerprint density at radius 3 is 1.26 bits per heavy atom. The monoisotopic (exact) mass is 649 g/mol. The van der Waals surface area contributed by atoms with E-state index in [1.54, 1.807) is 6.92 Å². The molecule has 0 amide bonds. The van der Waals surface area contributed by atoms with Gasteiger partial charge in [-0.05, 0) is 64.2 Å². The highest BCUT2D eigenvalue weighted by molar-refractivity contribution is 5.86. The van der Waals surface area contributed by atoms with Crippen molar-refractivity contribution in [3.8, 4) is 0 Å². The van der Waals surface area contributed by atoms with Crippen molar-refractivity contribution >= 4 is 5.97 Å². The summed E-state index contributed by atoms with van der Waals surface area (Å²) in [6.07, 6.45) is 34.3. The van der Waals surface area contributed by atoms with Crippen molar-refractivity contribution < 1.29 is 14.0 Å². The first kappa shape index (κ1) is 45.2. The van der Waals surface area contributed by atoms with Crippen molar-refractivity contribution in [1.82, 2.24) is 0 Å². The van der Waals surface area contributed by atoms with Crippen molar-refractivity contribution in [2.45, 2.75) is 221 Å². The Labute approximate surface area is 291 Å². The molecule has 0 aliphatic carbocycles. The summed E-state index contributed by atoms with van der Waals surface area (Å²) in [5.41, 5.74) is 1.14. The van der Waals surface area contributed by atoms with Gasteiger partial charge in [0, 0.05) is 12.0 Å². The first-order valence-electron chi connectivity index (χ1n) is 20.5. The molecule has 0 bridgehead atoms. The van der Waals surface area contributed by atoms with E-state index >= 15 is 0 Å². The van der Waals surface area contributed by atoms with Crippen LogP contribution in [-0.2, 0) is 9.53 Å². The number of carbonyl (C=O) groups excluding carboxylic acids is 1. The smallest absolute Gasteiger partial charge is 0.333 e. The molecule has 0 aromatic rings. The highest BCUT2D eigenvalue weighted by Crippen LogP contribution is 2.40. The summed E-state index contributed by atoms with van der Waals surface area (Å²) in [6.45, 7) is 25.8. The Hall–Kier alpha value is -0.830. The predicted octanol–water partition coefficient (Wildman–Crippen LogP) is 13.8. The van der Waals surface area contributed by atoms with E-state index in [9.17, 15) is 4.79 Å². The first-order valence-corrected chi connectivity index (χ1v) is 20.5. The van der Waals surface area contributed by atoms with E-state index in [4.69, 9.17) is 4.74 Å². The molecule has 46 heavy (non-hydrogen) atoms. The minimum absolute atomic E-state index is 0.254. The number of esters is 1. The average molecular weight is 649 g/mol. The molecule has 0 radical (unpaired) electrons. The van der Waals surface area contributed by atoms with Crippen LogP contribution >= 0.6 is 0 Å². The fourth-order valence-electron chi connectivity index (χ4n) is 7.15. The van der Waals surface area contributed by atoms with Gasteiger partial charge in [-0.1, -0.05) is 163 Å². The van der Waals surface area contributed by atoms with Gasteiger partial charge in [-0.2, -0.15) is 0 Å². The molecule has 0 aromatic heterocycles. The molecule has 0 saturated heterocycles. The van der Waals surface area contributed by atoms with E-state index in [-0.39, 0.29) is 11.5 Å². The SMILES string of the molecule is C=C(C)C(=O)OCCCCCCCCCC[N+](C)(CCCCCCCCCCCCCCCCCC)C(C)(C)CC(C)(C)C(C)C. The zero-order chi connectivity index (χ0) is 34.7. The minimum Gasteiger partial charge on any atom is -0.462 e. The van der Waals surface area contributed by atoms with Crippen LogP contribution in [0.25, 0.3) is 0 Å². The van der Waals surface area contributed by atoms with Crippen LogP contribution in [0.15, 0.2) is 12.2 Å². The zero-order valence-electron chi connectivity index (χ0n) is 33.3. The Balaban J connectivity index is 4.35. The average Bonchev–Trinajstić information content (AvgIpc) is 2.98. The van der Waals surface area contributed by atoms with Gasteiger partial charge in [0.15, 0.2) is 0 Å². The van der Waals surface area contributed by atoms with Gasteiger partial charge in [0.2, 0.25) is 0 Å². The summed E-state index contributed by atoms with van der Waals surface area (Å²) in [5, 5.41) is 0. The van der Waals surface area contributed by atoms with Gasteiger partial charge in [-0.25, -0.2) is 4.79 Å². The number of quaternary nitrogens is 1. The summed E-state index contributed by atoms with van der Waals surface area (Å²) < 4.78 is 6.44. The summed E-state index contributed by atoms with van der Waals surface area (Å²) in [4.78, 5) is 11.5. The van der Waals surface area contributed by atoms with Crippen molar-refractivity contribution in [3.63, 3.8) is 0 Å². The molecule has 0 aromatic carbocycles. The van der Waals surface area contributed by atoms with Gasteiger partial charge < -0.3 is 9.22 Å². The first-order chi connectivity index (χ1) is 21.8. The summed E-state index contributed by atoms with van der Waals surface area (Å²) >= 11 is 0. The molecule has 0 heterocycles. The number of rotatable bonds is 33. The van der Waals surface area contributed by atoms with Crippen LogP contribution in [0.3, 0.4) is 0 Å². The lowest BCUT2D eigenvalue weighted by atomic mass is 9.71. The Morgan fingerprint density at radius 1 is 0.609 bits per heavy atom. The number of carbonyl (C=O) groups is 1. The third kappa shape index (κ3) is 22.7. The highest BCUT2D eigenvalue weighted by atomic mass is 16.5. The maximum atomic E-state index is 11.5. The highest BCUT2D eigenvalue weighted by Gasteiger charge is 2.43. The molecule has 0 N–H and O–H groups in total. The molecule has 1 unspecified atom stereocenters. The number of hydrogen-bond acceptors (Lipinski definition) is 2. The van der Waals surface area contributed by atoms with Gasteiger partial charge in [0.25, 0.3) is 0 Å². The molecule has 0 fully saturated rings. The molecular weight excluding hydrogens is 562 g/mol. The summed E-state index contributed by atoms with van der Waals surface area (Å²) in [5.74, 6) is 0.449. The van der Waals surface area contributed by atoms with Crippen LogP contribution in [0.1, 0.15) is 216 Å². The second-order valence-electron chi connectivity index (χ2n) is 17.0. The molecule has 3 heteroatoms. The Kier molecular flexibility index (Phi) is 26.6. The third-order valence-electron chi connectivity index (χ3n) is 11.5. The summed E-state index contributed by atoms with van der Waals surface area (Å²) in [6, 6.07) is 0. The van der Waals surface area contributed by atoms with Crippen LogP contribution in [0.2, 0.25) is 0 Å². The predicted molar refractivity (Wildman–Crippen MR) is 205 cm³/mol. The van der Waals surface area contributed by atoms with E-state index < -0.39 is 0 Å². The lowest BCUT2D eigenvalue weighted by Crippen LogP contribution is -2.61. The van der Waals surface area contributed by atoms with E-state index in [2.05, 4.69) is 62.1 Å². The van der Waals surface area contributed by atoms with Gasteiger partial charge >= 0.3 is 5.97 Å². The van der Waals surface area contributed by atoms with E-state index in [0.29, 0.717) is 23.5 Å². The van der Waals surface area contributed by atoms with Crippen LogP contribution in [0.5, 0.6) is 0 Å². The standard InChI is InChI=1S/C43H86NO2/c1-11-12-13-14-15-16-17-18-19-20-21-22-23-26-29-32-35-44(10,43(8,9)38-42(6,7)40(4)5)36-33-30-27-24-25-28-31-34-37-46-41(45)39(2)3/h40H,2,11-38H2,1,3-10H3/q+1. The second-order valence-corrected chi connectivity index (χ2v) is 17.0. The molecule has 3 nitrogen and oxygen atoms in total.